The number of amides is 1. The summed E-state index contributed by atoms with van der Waals surface area (Å²) in [6, 6.07) is 46.8. The third kappa shape index (κ3) is 15.4. The van der Waals surface area contributed by atoms with Crippen LogP contribution in [-0.4, -0.2) is 83.0 Å². The Morgan fingerprint density at radius 3 is 1.65 bits per heavy atom. The van der Waals surface area contributed by atoms with Gasteiger partial charge in [-0.25, -0.2) is 4.58 Å². The van der Waals surface area contributed by atoms with Crippen LogP contribution in [0.1, 0.15) is 67.5 Å². The maximum absolute atomic E-state index is 13.7. The minimum absolute atomic E-state index is 0. The summed E-state index contributed by atoms with van der Waals surface area (Å²) in [6.07, 6.45) is 8.57. The zero-order valence-corrected chi connectivity index (χ0v) is 50.2. The molecule has 0 saturated heterocycles. The number of carbonyl (C=O) groups excluding carboxylic acids is 2. The molecule has 2 aliphatic rings. The molecule has 0 radical (unpaired) electrons. The van der Waals surface area contributed by atoms with Crippen LogP contribution in [0, 0.1) is 0 Å². The van der Waals surface area contributed by atoms with Gasteiger partial charge in [0.1, 0.15) is 31.2 Å². The van der Waals surface area contributed by atoms with Gasteiger partial charge in [-0.2, -0.15) is 0 Å². The summed E-state index contributed by atoms with van der Waals surface area (Å²) >= 11 is 0. The second-order valence-corrected chi connectivity index (χ2v) is 19.0. The molecule has 380 valence electrons. The van der Waals surface area contributed by atoms with Gasteiger partial charge < -0.3 is 29.3 Å². The first-order chi connectivity index (χ1) is 36.5. The smallest absolute Gasteiger partial charge is 0.545 e. The summed E-state index contributed by atoms with van der Waals surface area (Å²) in [7, 11) is 7.81. The van der Waals surface area contributed by atoms with Crippen LogP contribution in [0.25, 0.3) is 33.4 Å². The number of aromatic nitrogens is 4. The first-order valence-electron chi connectivity index (χ1n) is 25.1. The molecule has 0 fully saturated rings. The number of carboxylic acid groups (broad SMARTS) is 1. The van der Waals surface area contributed by atoms with Gasteiger partial charge in [-0.1, -0.05) is 36.4 Å². The van der Waals surface area contributed by atoms with Crippen molar-refractivity contribution in [1.82, 2.24) is 39.6 Å². The van der Waals surface area contributed by atoms with E-state index in [4.69, 9.17) is 9.15 Å². The van der Waals surface area contributed by atoms with E-state index in [9.17, 15) is 14.7 Å². The zero-order chi connectivity index (χ0) is 52.1. The topological polar surface area (TPSA) is 156 Å². The van der Waals surface area contributed by atoms with E-state index in [0.29, 0.717) is 87.7 Å². The molecule has 9 rings (SSSR count). The van der Waals surface area contributed by atoms with E-state index in [2.05, 4.69) is 53.3 Å². The Kier molecular flexibility index (Phi) is 20.6. The quantitative estimate of drug-likeness (QED) is 0.0301. The average molecular weight is 1130 g/mol. The van der Waals surface area contributed by atoms with Gasteiger partial charge in [-0.3, -0.25) is 34.5 Å². The van der Waals surface area contributed by atoms with E-state index in [-0.39, 0.29) is 56.0 Å². The molecule has 7 aromatic rings. The fraction of sp³-hybridized carbons (Fsp3) is 0.230. The first kappa shape index (κ1) is 57.4. The Morgan fingerprint density at radius 2 is 1.16 bits per heavy atom. The third-order valence-corrected chi connectivity index (χ3v) is 12.9. The summed E-state index contributed by atoms with van der Waals surface area (Å²) in [5, 5.41) is 17.6. The van der Waals surface area contributed by atoms with Gasteiger partial charge in [0, 0.05) is 130 Å². The summed E-state index contributed by atoms with van der Waals surface area (Å²) in [4.78, 5) is 51.8. The second kappa shape index (κ2) is 27.6. The zero-order valence-electron chi connectivity index (χ0n) is 44.3. The largest absolute Gasteiger partial charge is 2.00 e. The minimum Gasteiger partial charge on any atom is -0.545 e. The molecular formula is C61H61N9O5Zn2+4. The summed E-state index contributed by atoms with van der Waals surface area (Å²) in [5.74, 6) is -0.420. The molecule has 0 bridgehead atoms. The molecule has 0 spiro atoms. The number of hydrogen-bond acceptors (Lipinski definition) is 12. The van der Waals surface area contributed by atoms with Gasteiger partial charge in [-0.15, -0.1) is 0 Å². The second-order valence-electron chi connectivity index (χ2n) is 19.0. The van der Waals surface area contributed by atoms with Gasteiger partial charge in [0.15, 0.2) is 0 Å². The number of fused-ring (bicyclic) bond motifs is 2. The Bertz CT molecular complexity index is 3230. The molecule has 1 aliphatic heterocycles. The summed E-state index contributed by atoms with van der Waals surface area (Å²) < 4.78 is 15.0. The Balaban J connectivity index is 0.00000431. The minimum atomic E-state index is -1.39. The first-order valence-corrected chi connectivity index (χ1v) is 25.1. The number of pyridine rings is 4. The molecule has 1 aliphatic carbocycles. The van der Waals surface area contributed by atoms with E-state index in [0.717, 1.165) is 61.6 Å². The van der Waals surface area contributed by atoms with Gasteiger partial charge in [0.05, 0.1) is 41.4 Å². The number of carboxylic acids is 1. The van der Waals surface area contributed by atoms with E-state index in [1.54, 1.807) is 12.1 Å². The Morgan fingerprint density at radius 1 is 0.610 bits per heavy atom. The molecule has 1 N–H and O–H groups in total. The molecule has 3 aromatic carbocycles. The van der Waals surface area contributed by atoms with Crippen molar-refractivity contribution >= 4 is 28.5 Å². The number of unbranched alkanes of at least 4 members (excludes halogenated alkanes) is 1. The van der Waals surface area contributed by atoms with Crippen molar-refractivity contribution in [2.24, 2.45) is 0 Å². The maximum Gasteiger partial charge on any atom is 2.00 e. The van der Waals surface area contributed by atoms with E-state index < -0.39 is 5.97 Å². The molecule has 1 amide bonds. The van der Waals surface area contributed by atoms with Crippen molar-refractivity contribution in [1.29, 1.82) is 0 Å². The molecule has 4 aromatic heterocycles. The molecule has 0 atom stereocenters. The van der Waals surface area contributed by atoms with Gasteiger partial charge in [0.25, 0.3) is 5.91 Å². The Hall–Kier alpha value is -7.34. The van der Waals surface area contributed by atoms with Crippen LogP contribution in [0.15, 0.2) is 175 Å². The van der Waals surface area contributed by atoms with Crippen molar-refractivity contribution in [3.05, 3.63) is 221 Å². The van der Waals surface area contributed by atoms with Crippen LogP contribution in [0.2, 0.25) is 0 Å². The average Bonchev–Trinajstić information content (AvgIpc) is 3.44. The fourth-order valence-electron chi connectivity index (χ4n) is 9.24. The fourth-order valence-corrected chi connectivity index (χ4v) is 9.24. The number of carbonyl (C=O) groups is 2. The maximum atomic E-state index is 13.7. The summed E-state index contributed by atoms with van der Waals surface area (Å²) in [6.45, 7) is 4.52. The Labute approximate surface area is 475 Å². The van der Waals surface area contributed by atoms with Gasteiger partial charge >= 0.3 is 39.0 Å². The van der Waals surface area contributed by atoms with E-state index >= 15 is 0 Å². The number of benzene rings is 4. The number of hydrogen-bond donors (Lipinski definition) is 1. The van der Waals surface area contributed by atoms with Crippen molar-refractivity contribution in [3.63, 3.8) is 0 Å². The molecule has 0 saturated carbocycles. The number of nitrogens with one attached hydrogen (secondary N) is 1. The molecule has 77 heavy (non-hydrogen) atoms. The molecule has 16 heteroatoms. The van der Waals surface area contributed by atoms with Crippen LogP contribution in [0.5, 0.6) is 5.75 Å². The van der Waals surface area contributed by atoms with Crippen molar-refractivity contribution in [2.45, 2.75) is 52.1 Å². The number of rotatable bonds is 22. The molecule has 14 nitrogen and oxygen atoms in total. The molecule has 0 unspecified atom stereocenters. The van der Waals surface area contributed by atoms with Gasteiger partial charge in [-0.05, 0) is 121 Å². The van der Waals surface area contributed by atoms with Crippen LogP contribution in [0.3, 0.4) is 0 Å². The third-order valence-electron chi connectivity index (χ3n) is 12.9. The van der Waals surface area contributed by atoms with Gasteiger partial charge in [0.2, 0.25) is 5.36 Å². The number of aromatic carboxylic acids is 1. The number of nitrogens with zero attached hydrogens (tertiary/aromatic N) is 8. The summed E-state index contributed by atoms with van der Waals surface area (Å²) in [5.41, 5.74) is 9.54. The standard InChI is InChI=1S/C61H61N9O5.2Zn/c1-67(2)50-20-23-54-57(35-50)75-58-36-51(68(3)4)21-24-55(58)59(54)53-22-19-45(34-56(53)61(72)73)60(71)66-29-13-14-30-74-52-32-43(37-69(39-46-15-5-9-25-62-46)40-47-16-6-10-26-63-47)31-44(33-52)38-70(41-48-17-7-11-27-64-48)42-49-18-8-12-28-65-49;;/h5-12,15-28,31-36H,13-14,29-30,37-42H2,1-4H3,(H-,66,71,72,73);;/q;2*+2. The molecular weight excluding hydrogens is 1070 g/mol. The normalized spacial score (nSPS) is 11.0. The number of ether oxygens (including phenoxy) is 1. The number of anilines is 1. The van der Waals surface area contributed by atoms with Crippen LogP contribution in [-0.2, 0) is 78.2 Å². The van der Waals surface area contributed by atoms with Crippen molar-refractivity contribution in [2.75, 3.05) is 46.2 Å². The van der Waals surface area contributed by atoms with Crippen molar-refractivity contribution in [3.8, 4) is 28.2 Å². The predicted octanol–water partition coefficient (Wildman–Crippen LogP) is 8.23. The predicted molar refractivity (Wildman–Crippen MR) is 290 cm³/mol. The van der Waals surface area contributed by atoms with Crippen LogP contribution < -0.4 is 30.0 Å². The molecule has 5 heterocycles. The van der Waals surface area contributed by atoms with E-state index in [1.807, 2.05) is 172 Å². The monoisotopic (exact) mass is 1130 g/mol. The van der Waals surface area contributed by atoms with Crippen molar-refractivity contribution < 1.29 is 62.8 Å². The van der Waals surface area contributed by atoms with Crippen LogP contribution in [0.4, 0.5) is 5.69 Å². The van der Waals surface area contributed by atoms with Crippen LogP contribution >= 0.6 is 0 Å². The SMILES string of the molecule is CN(C)c1ccc2c(-c3ccc(C(=O)NCCCCOc4cc(CN(Cc5ccccn5)Cc5ccccn5)cc(CN(Cc5ccccn5)Cc5ccccn5)c4)cc3C(=O)[O-])c3ccc(=[N+](C)C)cc-3oc2c1.[Zn+2].[Zn+2]. The van der Waals surface area contributed by atoms with E-state index in [1.165, 1.54) is 6.07 Å².